The van der Waals surface area contributed by atoms with Crippen LogP contribution in [0.5, 0.6) is 0 Å². The van der Waals surface area contributed by atoms with Crippen molar-refractivity contribution in [1.82, 2.24) is 4.72 Å². The molecule has 0 aliphatic heterocycles. The maximum absolute atomic E-state index is 11.2. The molecule has 0 aromatic carbocycles. The molecule has 0 aliphatic carbocycles. The zero-order chi connectivity index (χ0) is 10.2. The van der Waals surface area contributed by atoms with Crippen molar-refractivity contribution in [2.45, 2.75) is 33.1 Å². The van der Waals surface area contributed by atoms with E-state index in [4.69, 9.17) is 0 Å². The number of sulfonamides is 1. The quantitative estimate of drug-likeness (QED) is 0.519. The molecule has 0 heterocycles. The maximum atomic E-state index is 11.2. The van der Waals surface area contributed by atoms with Gasteiger partial charge in [0.2, 0.25) is 10.0 Å². The fourth-order valence-electron chi connectivity index (χ4n) is 0.801. The minimum Gasteiger partial charge on any atom is -0.214 e. The van der Waals surface area contributed by atoms with Crippen LogP contribution in [-0.2, 0) is 10.0 Å². The van der Waals surface area contributed by atoms with Crippen LogP contribution in [0.2, 0.25) is 0 Å². The topological polar surface area (TPSA) is 46.2 Å². The number of hydrogen-bond acceptors (Lipinski definition) is 2. The van der Waals surface area contributed by atoms with Gasteiger partial charge >= 0.3 is 0 Å². The van der Waals surface area contributed by atoms with Gasteiger partial charge in [0.05, 0.1) is 5.75 Å². The summed E-state index contributed by atoms with van der Waals surface area (Å²) < 4.78 is 24.9. The van der Waals surface area contributed by atoms with Crippen molar-refractivity contribution in [1.29, 1.82) is 0 Å². The van der Waals surface area contributed by atoms with E-state index in [0.717, 1.165) is 12.8 Å². The molecule has 0 saturated carbocycles. The lowest BCUT2D eigenvalue weighted by atomic mass is 10.4. The van der Waals surface area contributed by atoms with Crippen LogP contribution in [0.15, 0.2) is 0 Å². The molecule has 0 aromatic heterocycles. The molecular formula is C9H17NO2S. The van der Waals surface area contributed by atoms with Crippen LogP contribution in [-0.4, -0.2) is 20.7 Å². The van der Waals surface area contributed by atoms with E-state index in [1.54, 1.807) is 6.92 Å². The number of nitrogens with one attached hydrogen (secondary N) is 1. The highest BCUT2D eigenvalue weighted by molar-refractivity contribution is 7.89. The molecule has 1 N–H and O–H groups in total. The van der Waals surface area contributed by atoms with Gasteiger partial charge in [0.1, 0.15) is 0 Å². The normalized spacial score (nSPS) is 10.6. The Bertz CT molecular complexity index is 272. The standard InChI is InChI=1S/C9H17NO2S/c1-3-5-7-8-10-13(11,12)9-6-4-2/h10H,4,6-9H2,1-2H3. The number of rotatable bonds is 6. The van der Waals surface area contributed by atoms with Crippen LogP contribution in [0.3, 0.4) is 0 Å². The van der Waals surface area contributed by atoms with E-state index in [1.165, 1.54) is 0 Å². The molecule has 0 spiro atoms. The zero-order valence-corrected chi connectivity index (χ0v) is 9.08. The smallest absolute Gasteiger partial charge is 0.211 e. The van der Waals surface area contributed by atoms with Gasteiger partial charge in [0.15, 0.2) is 0 Å². The molecule has 0 atom stereocenters. The highest BCUT2D eigenvalue weighted by atomic mass is 32.2. The van der Waals surface area contributed by atoms with E-state index in [1.807, 2.05) is 6.92 Å². The molecule has 3 nitrogen and oxygen atoms in total. The zero-order valence-electron chi connectivity index (χ0n) is 8.26. The summed E-state index contributed by atoms with van der Waals surface area (Å²) in [4.78, 5) is 0. The summed E-state index contributed by atoms with van der Waals surface area (Å²) in [6, 6.07) is 0. The van der Waals surface area contributed by atoms with Gasteiger partial charge in [-0.05, 0) is 13.3 Å². The summed E-state index contributed by atoms with van der Waals surface area (Å²) in [5.74, 6) is 5.74. The Morgan fingerprint density at radius 3 is 2.62 bits per heavy atom. The second kappa shape index (κ2) is 6.93. The van der Waals surface area contributed by atoms with Gasteiger partial charge in [-0.15, -0.1) is 11.8 Å². The molecule has 4 heteroatoms. The lowest BCUT2D eigenvalue weighted by Crippen LogP contribution is -2.27. The number of hydrogen-bond donors (Lipinski definition) is 1. The monoisotopic (exact) mass is 203 g/mol. The third-order valence-electron chi connectivity index (χ3n) is 1.52. The highest BCUT2D eigenvalue weighted by Crippen LogP contribution is 1.93. The van der Waals surface area contributed by atoms with Crippen LogP contribution in [0, 0.1) is 11.8 Å². The molecule has 13 heavy (non-hydrogen) atoms. The van der Waals surface area contributed by atoms with Crippen molar-refractivity contribution in [2.24, 2.45) is 0 Å². The summed E-state index contributed by atoms with van der Waals surface area (Å²) in [5, 5.41) is 0. The van der Waals surface area contributed by atoms with Crippen LogP contribution >= 0.6 is 0 Å². The summed E-state index contributed by atoms with van der Waals surface area (Å²) in [7, 11) is -3.04. The van der Waals surface area contributed by atoms with Gasteiger partial charge in [-0.25, -0.2) is 13.1 Å². The fraction of sp³-hybridized carbons (Fsp3) is 0.778. The molecular weight excluding hydrogens is 186 g/mol. The fourth-order valence-corrected chi connectivity index (χ4v) is 2.03. The van der Waals surface area contributed by atoms with Crippen LogP contribution in [0.4, 0.5) is 0 Å². The predicted octanol–water partition coefficient (Wildman–Crippen LogP) is 1.12. The Labute approximate surface area is 81.0 Å². The summed E-state index contributed by atoms with van der Waals surface area (Å²) in [5.41, 5.74) is 0. The van der Waals surface area contributed by atoms with E-state index in [9.17, 15) is 8.42 Å². The Kier molecular flexibility index (Phi) is 6.65. The van der Waals surface area contributed by atoms with Gasteiger partial charge in [-0.3, -0.25) is 0 Å². The Hall–Kier alpha value is -0.530. The Balaban J connectivity index is 3.68. The second-order valence-electron chi connectivity index (χ2n) is 2.74. The average molecular weight is 203 g/mol. The first-order chi connectivity index (χ1) is 6.12. The Morgan fingerprint density at radius 1 is 1.38 bits per heavy atom. The van der Waals surface area contributed by atoms with E-state index in [2.05, 4.69) is 16.6 Å². The highest BCUT2D eigenvalue weighted by Gasteiger charge is 2.06. The van der Waals surface area contributed by atoms with Crippen LogP contribution in [0.25, 0.3) is 0 Å². The molecule has 0 radical (unpaired) electrons. The van der Waals surface area contributed by atoms with Crippen LogP contribution in [0.1, 0.15) is 33.1 Å². The maximum Gasteiger partial charge on any atom is 0.211 e. The molecule has 76 valence electrons. The van der Waals surface area contributed by atoms with Crippen molar-refractivity contribution < 1.29 is 8.42 Å². The Morgan fingerprint density at radius 2 is 2.08 bits per heavy atom. The minimum absolute atomic E-state index is 0.225. The summed E-state index contributed by atoms with van der Waals surface area (Å²) >= 11 is 0. The average Bonchev–Trinajstić information content (AvgIpc) is 2.09. The van der Waals surface area contributed by atoms with E-state index < -0.39 is 10.0 Å². The van der Waals surface area contributed by atoms with Crippen LogP contribution < -0.4 is 4.72 Å². The first kappa shape index (κ1) is 12.5. The van der Waals surface area contributed by atoms with Crippen molar-refractivity contribution in [3.63, 3.8) is 0 Å². The first-order valence-corrected chi connectivity index (χ1v) is 6.14. The largest absolute Gasteiger partial charge is 0.214 e. The van der Waals surface area contributed by atoms with Gasteiger partial charge in [-0.1, -0.05) is 13.3 Å². The third kappa shape index (κ3) is 7.82. The molecule has 0 saturated heterocycles. The van der Waals surface area contributed by atoms with Gasteiger partial charge in [0.25, 0.3) is 0 Å². The third-order valence-corrected chi connectivity index (χ3v) is 2.99. The number of unbranched alkanes of at least 4 members (excludes halogenated alkanes) is 1. The SMILES string of the molecule is CC#CCCNS(=O)(=O)CCCC. The second-order valence-corrected chi connectivity index (χ2v) is 4.67. The van der Waals surface area contributed by atoms with Gasteiger partial charge in [0, 0.05) is 13.0 Å². The molecule has 0 amide bonds. The van der Waals surface area contributed by atoms with Crippen molar-refractivity contribution in [2.75, 3.05) is 12.3 Å². The minimum atomic E-state index is -3.04. The lowest BCUT2D eigenvalue weighted by Gasteiger charge is -2.02. The molecule has 0 aromatic rings. The molecule has 0 aliphatic rings. The molecule has 0 unspecified atom stereocenters. The van der Waals surface area contributed by atoms with E-state index in [-0.39, 0.29) is 5.75 Å². The molecule has 0 bridgehead atoms. The van der Waals surface area contributed by atoms with E-state index >= 15 is 0 Å². The van der Waals surface area contributed by atoms with Crippen molar-refractivity contribution in [3.05, 3.63) is 0 Å². The first-order valence-electron chi connectivity index (χ1n) is 4.49. The van der Waals surface area contributed by atoms with Crippen molar-refractivity contribution in [3.8, 4) is 11.8 Å². The summed E-state index contributed by atoms with van der Waals surface area (Å²) in [6.45, 7) is 4.14. The lowest BCUT2D eigenvalue weighted by molar-refractivity contribution is 0.579. The van der Waals surface area contributed by atoms with Gasteiger partial charge in [-0.2, -0.15) is 0 Å². The summed E-state index contributed by atoms with van der Waals surface area (Å²) in [6.07, 6.45) is 2.20. The van der Waals surface area contributed by atoms with Crippen molar-refractivity contribution >= 4 is 10.0 Å². The van der Waals surface area contributed by atoms with Gasteiger partial charge < -0.3 is 0 Å². The predicted molar refractivity (Wildman–Crippen MR) is 54.8 cm³/mol. The molecule has 0 fully saturated rings. The molecule has 0 rings (SSSR count). The van der Waals surface area contributed by atoms with E-state index in [0.29, 0.717) is 13.0 Å².